The summed E-state index contributed by atoms with van der Waals surface area (Å²) in [5.74, 6) is 0.0222. The third-order valence-electron chi connectivity index (χ3n) is 4.34. The van der Waals surface area contributed by atoms with Crippen molar-refractivity contribution in [1.29, 1.82) is 0 Å². The molecule has 0 bridgehead atoms. The number of hydrogen-bond acceptors (Lipinski definition) is 3. The molecule has 0 unspecified atom stereocenters. The van der Waals surface area contributed by atoms with Gasteiger partial charge in [-0.15, -0.1) is 0 Å². The second-order valence-electron chi connectivity index (χ2n) is 6.49. The summed E-state index contributed by atoms with van der Waals surface area (Å²) in [6.45, 7) is 6.29. The van der Waals surface area contributed by atoms with Crippen molar-refractivity contribution in [1.82, 2.24) is 5.32 Å². The van der Waals surface area contributed by atoms with E-state index in [9.17, 15) is 13.2 Å². The van der Waals surface area contributed by atoms with E-state index in [0.29, 0.717) is 17.5 Å². The van der Waals surface area contributed by atoms with Gasteiger partial charge < -0.3 is 5.32 Å². The van der Waals surface area contributed by atoms with Crippen LogP contribution in [-0.4, -0.2) is 33.2 Å². The van der Waals surface area contributed by atoms with E-state index in [0.717, 1.165) is 36.2 Å². The molecule has 0 aliphatic heterocycles. The molecule has 1 N–H and O–H groups in total. The number of nitrogens with zero attached hydrogens (tertiary/aromatic N) is 1. The molecule has 0 fully saturated rings. The molecule has 0 heterocycles. The van der Waals surface area contributed by atoms with E-state index in [1.807, 2.05) is 0 Å². The molecule has 0 saturated carbocycles. The van der Waals surface area contributed by atoms with E-state index in [1.54, 1.807) is 13.0 Å². The number of carbonyl (C=O) groups is 1. The topological polar surface area (TPSA) is 66.5 Å². The summed E-state index contributed by atoms with van der Waals surface area (Å²) in [6.07, 6.45) is 5.26. The maximum Gasteiger partial charge on any atom is 0.243 e. The number of halogens is 2. The minimum absolute atomic E-state index is 0.197. The summed E-state index contributed by atoms with van der Waals surface area (Å²) in [4.78, 5) is 12.6. The first-order valence-electron chi connectivity index (χ1n) is 8.83. The first kappa shape index (κ1) is 23.1. The number of amides is 1. The second-order valence-corrected chi connectivity index (χ2v) is 9.20. The molecule has 0 saturated heterocycles. The van der Waals surface area contributed by atoms with Crippen LogP contribution in [0.4, 0.5) is 5.69 Å². The lowest BCUT2D eigenvalue weighted by molar-refractivity contribution is -0.122. The van der Waals surface area contributed by atoms with Crippen LogP contribution in [0, 0.1) is 5.92 Å². The molecular weight excluding hydrogens is 395 g/mol. The zero-order valence-electron chi connectivity index (χ0n) is 15.8. The fourth-order valence-electron chi connectivity index (χ4n) is 2.77. The molecule has 0 spiro atoms. The predicted molar refractivity (Wildman–Crippen MR) is 110 cm³/mol. The Balaban J connectivity index is 2.98. The van der Waals surface area contributed by atoms with Crippen molar-refractivity contribution in [3.8, 4) is 0 Å². The minimum Gasteiger partial charge on any atom is -0.354 e. The Morgan fingerprint density at radius 1 is 1.27 bits per heavy atom. The van der Waals surface area contributed by atoms with Crippen LogP contribution in [0.3, 0.4) is 0 Å². The number of unbranched alkanes of at least 4 members (excludes halogenated alkanes) is 1. The average molecular weight is 423 g/mol. The van der Waals surface area contributed by atoms with Crippen LogP contribution >= 0.6 is 23.2 Å². The normalized spacial score (nSPS) is 13.9. The fourth-order valence-corrected chi connectivity index (χ4v) is 4.38. The number of nitrogens with one attached hydrogen (secondary N) is 1. The fraction of sp³-hybridized carbons (Fsp3) is 0.611. The molecule has 0 radical (unpaired) electrons. The van der Waals surface area contributed by atoms with Gasteiger partial charge in [0.05, 0.1) is 17.0 Å². The number of rotatable bonds is 10. The van der Waals surface area contributed by atoms with Crippen LogP contribution in [0.1, 0.15) is 46.5 Å². The van der Waals surface area contributed by atoms with Crippen LogP contribution in [0.2, 0.25) is 10.0 Å². The lowest BCUT2D eigenvalue weighted by Gasteiger charge is -2.29. The highest BCUT2D eigenvalue weighted by molar-refractivity contribution is 7.92. The SMILES string of the molecule is CCCC[C@H](CC)CNC(=O)[C@H](C)N(c1cc(Cl)ccc1Cl)S(C)(=O)=O. The molecule has 1 aromatic carbocycles. The van der Waals surface area contributed by atoms with Gasteiger partial charge in [-0.1, -0.05) is 56.3 Å². The first-order chi connectivity index (χ1) is 12.1. The van der Waals surface area contributed by atoms with Gasteiger partial charge in [-0.25, -0.2) is 8.42 Å². The zero-order chi connectivity index (χ0) is 19.9. The van der Waals surface area contributed by atoms with Gasteiger partial charge in [-0.3, -0.25) is 9.10 Å². The van der Waals surface area contributed by atoms with Crippen LogP contribution < -0.4 is 9.62 Å². The minimum atomic E-state index is -3.73. The van der Waals surface area contributed by atoms with Gasteiger partial charge >= 0.3 is 0 Å². The lowest BCUT2D eigenvalue weighted by atomic mass is 9.99. The second kappa shape index (κ2) is 10.4. The van der Waals surface area contributed by atoms with Crippen molar-refractivity contribution in [3.63, 3.8) is 0 Å². The molecule has 0 aromatic heterocycles. The summed E-state index contributed by atoms with van der Waals surface area (Å²) in [5, 5.41) is 3.44. The van der Waals surface area contributed by atoms with Crippen molar-refractivity contribution in [3.05, 3.63) is 28.2 Å². The van der Waals surface area contributed by atoms with E-state index < -0.39 is 16.1 Å². The third kappa shape index (κ3) is 6.63. The van der Waals surface area contributed by atoms with Gasteiger partial charge in [0.2, 0.25) is 15.9 Å². The van der Waals surface area contributed by atoms with Crippen molar-refractivity contribution in [2.75, 3.05) is 17.1 Å². The quantitative estimate of drug-likeness (QED) is 0.604. The molecule has 2 atom stereocenters. The van der Waals surface area contributed by atoms with Gasteiger partial charge in [-0.2, -0.15) is 0 Å². The smallest absolute Gasteiger partial charge is 0.243 e. The molecule has 1 rings (SSSR count). The highest BCUT2D eigenvalue weighted by atomic mass is 35.5. The summed E-state index contributed by atoms with van der Waals surface area (Å²) < 4.78 is 25.7. The molecule has 26 heavy (non-hydrogen) atoms. The molecular formula is C18H28Cl2N2O3S. The van der Waals surface area contributed by atoms with Gasteiger partial charge in [0.15, 0.2) is 0 Å². The zero-order valence-corrected chi connectivity index (χ0v) is 18.1. The Morgan fingerprint density at radius 3 is 2.46 bits per heavy atom. The van der Waals surface area contributed by atoms with Gasteiger partial charge in [0.1, 0.15) is 6.04 Å². The molecule has 8 heteroatoms. The number of sulfonamides is 1. The van der Waals surface area contributed by atoms with Gasteiger partial charge in [0, 0.05) is 11.6 Å². The van der Waals surface area contributed by atoms with Crippen molar-refractivity contribution >= 4 is 44.8 Å². The number of benzene rings is 1. The van der Waals surface area contributed by atoms with Crippen LogP contribution in [0.15, 0.2) is 18.2 Å². The molecule has 1 amide bonds. The molecule has 1 aromatic rings. The van der Waals surface area contributed by atoms with Crippen LogP contribution in [0.5, 0.6) is 0 Å². The Morgan fingerprint density at radius 2 is 1.92 bits per heavy atom. The largest absolute Gasteiger partial charge is 0.354 e. The summed E-state index contributed by atoms with van der Waals surface area (Å²) in [5.41, 5.74) is 0.197. The van der Waals surface area contributed by atoms with Crippen molar-refractivity contribution < 1.29 is 13.2 Å². The van der Waals surface area contributed by atoms with E-state index in [4.69, 9.17) is 23.2 Å². The molecule has 0 aliphatic rings. The highest BCUT2D eigenvalue weighted by Gasteiger charge is 2.30. The summed E-state index contributed by atoms with van der Waals surface area (Å²) in [6, 6.07) is 3.59. The Labute approximate surface area is 167 Å². The van der Waals surface area contributed by atoms with E-state index in [-0.39, 0.29) is 16.6 Å². The maximum absolute atomic E-state index is 12.6. The maximum atomic E-state index is 12.6. The third-order valence-corrected chi connectivity index (χ3v) is 6.12. The van der Waals surface area contributed by atoms with E-state index in [2.05, 4.69) is 19.2 Å². The Bertz CT molecular complexity index is 710. The molecule has 148 valence electrons. The summed E-state index contributed by atoms with van der Waals surface area (Å²) in [7, 11) is -3.73. The standard InChI is InChI=1S/C18H28Cl2N2O3S/c1-5-7-8-14(6-2)12-21-18(23)13(3)22(26(4,24)25)17-11-15(19)9-10-16(17)20/h9-11,13-14H,5-8,12H2,1-4H3,(H,21,23)/t13-,14-/m0/s1. The molecule has 0 aliphatic carbocycles. The monoisotopic (exact) mass is 422 g/mol. The average Bonchev–Trinajstić information content (AvgIpc) is 2.56. The Hall–Kier alpha value is -0.980. The number of anilines is 1. The summed E-state index contributed by atoms with van der Waals surface area (Å²) >= 11 is 12.1. The first-order valence-corrected chi connectivity index (χ1v) is 11.4. The number of carbonyl (C=O) groups excluding carboxylic acids is 1. The van der Waals surface area contributed by atoms with Gasteiger partial charge in [-0.05, 0) is 37.5 Å². The van der Waals surface area contributed by atoms with Crippen molar-refractivity contribution in [2.45, 2.75) is 52.5 Å². The molecule has 5 nitrogen and oxygen atoms in total. The van der Waals surface area contributed by atoms with Crippen LogP contribution in [-0.2, 0) is 14.8 Å². The van der Waals surface area contributed by atoms with E-state index >= 15 is 0 Å². The van der Waals surface area contributed by atoms with Crippen molar-refractivity contribution in [2.24, 2.45) is 5.92 Å². The van der Waals surface area contributed by atoms with Gasteiger partial charge in [0.25, 0.3) is 0 Å². The highest BCUT2D eigenvalue weighted by Crippen LogP contribution is 2.32. The number of hydrogen-bond donors (Lipinski definition) is 1. The Kier molecular flexibility index (Phi) is 9.21. The van der Waals surface area contributed by atoms with E-state index in [1.165, 1.54) is 12.1 Å². The van der Waals surface area contributed by atoms with Crippen LogP contribution in [0.25, 0.3) is 0 Å². The lowest BCUT2D eigenvalue weighted by Crippen LogP contribution is -2.48. The predicted octanol–water partition coefficient (Wildman–Crippen LogP) is 4.48.